The number of aromatic nitrogens is 3. The highest BCUT2D eigenvalue weighted by Crippen LogP contribution is 2.20. The van der Waals surface area contributed by atoms with E-state index in [1.807, 2.05) is 18.2 Å². The fraction of sp³-hybridized carbons (Fsp3) is 0.0769. The van der Waals surface area contributed by atoms with Crippen LogP contribution in [0.1, 0.15) is 5.56 Å². The maximum Gasteiger partial charge on any atom is 0.244 e. The van der Waals surface area contributed by atoms with Crippen molar-refractivity contribution in [3.63, 3.8) is 0 Å². The Morgan fingerprint density at radius 2 is 1.85 bits per heavy atom. The fourth-order valence-corrected chi connectivity index (χ4v) is 3.93. The van der Waals surface area contributed by atoms with E-state index in [2.05, 4.69) is 32.6 Å². The normalized spacial score (nSPS) is 11.8. The molecule has 0 unspecified atom stereocenters. The molecular weight excluding hydrogens is 389 g/mol. The van der Waals surface area contributed by atoms with E-state index in [0.29, 0.717) is 5.65 Å². The molecular formula is C13H10IN3O2S. The van der Waals surface area contributed by atoms with Crippen molar-refractivity contribution in [1.82, 2.24) is 13.9 Å². The largest absolute Gasteiger partial charge is 0.244 e. The minimum absolute atomic E-state index is 0.0573. The van der Waals surface area contributed by atoms with Crippen LogP contribution in [0.15, 0.2) is 48.9 Å². The summed E-state index contributed by atoms with van der Waals surface area (Å²) in [7, 11) is -3.49. The molecule has 2 aromatic heterocycles. The molecule has 7 heteroatoms. The van der Waals surface area contributed by atoms with Crippen molar-refractivity contribution >= 4 is 43.6 Å². The Morgan fingerprint density at radius 1 is 1.10 bits per heavy atom. The summed E-state index contributed by atoms with van der Waals surface area (Å²) in [5.74, 6) is -0.0573. The van der Waals surface area contributed by atoms with Gasteiger partial charge < -0.3 is 0 Å². The lowest BCUT2D eigenvalue weighted by Gasteiger charge is -2.07. The average Bonchev–Trinajstić information content (AvgIpc) is 2.85. The molecule has 0 fully saturated rings. The highest BCUT2D eigenvalue weighted by molar-refractivity contribution is 14.1. The van der Waals surface area contributed by atoms with Gasteiger partial charge in [-0.2, -0.15) is 0 Å². The van der Waals surface area contributed by atoms with Crippen LogP contribution in [0.2, 0.25) is 0 Å². The first-order valence-electron chi connectivity index (χ1n) is 5.83. The van der Waals surface area contributed by atoms with Crippen molar-refractivity contribution in [2.24, 2.45) is 0 Å². The molecule has 0 saturated heterocycles. The second kappa shape index (κ2) is 5.13. The molecule has 0 aliphatic rings. The molecule has 0 amide bonds. The van der Waals surface area contributed by atoms with Gasteiger partial charge in [-0.05, 0) is 34.2 Å². The highest BCUT2D eigenvalue weighted by Gasteiger charge is 2.18. The standard InChI is InChI=1S/C13H10IN3O2S/c14-12-11-6-7-17(13(11)16-9-15-12)20(18,19)8-10-4-2-1-3-5-10/h1-7,9H,8H2. The lowest BCUT2D eigenvalue weighted by molar-refractivity contribution is 0.588. The Hall–Kier alpha value is -1.48. The summed E-state index contributed by atoms with van der Waals surface area (Å²) in [6.07, 6.45) is 2.90. The summed E-state index contributed by atoms with van der Waals surface area (Å²) in [5.41, 5.74) is 1.17. The van der Waals surface area contributed by atoms with Gasteiger partial charge in [-0.3, -0.25) is 0 Å². The number of halogens is 1. The molecule has 0 bridgehead atoms. The first-order valence-corrected chi connectivity index (χ1v) is 8.51. The van der Waals surface area contributed by atoms with Crippen molar-refractivity contribution in [3.8, 4) is 0 Å². The number of rotatable bonds is 3. The molecule has 0 radical (unpaired) electrons. The van der Waals surface area contributed by atoms with Crippen molar-refractivity contribution in [3.05, 3.63) is 58.2 Å². The molecule has 0 saturated carbocycles. The average molecular weight is 399 g/mol. The third kappa shape index (κ3) is 2.42. The molecule has 1 aromatic carbocycles. The highest BCUT2D eigenvalue weighted by atomic mass is 127. The summed E-state index contributed by atoms with van der Waals surface area (Å²) in [6.45, 7) is 0. The van der Waals surface area contributed by atoms with Crippen LogP contribution in [0.5, 0.6) is 0 Å². The second-order valence-electron chi connectivity index (χ2n) is 4.26. The number of hydrogen-bond acceptors (Lipinski definition) is 4. The minimum atomic E-state index is -3.49. The zero-order chi connectivity index (χ0) is 14.2. The Balaban J connectivity index is 2.08. The Morgan fingerprint density at radius 3 is 2.60 bits per heavy atom. The molecule has 0 atom stereocenters. The summed E-state index contributed by atoms with van der Waals surface area (Å²) in [5, 5.41) is 0.740. The molecule has 3 aromatic rings. The van der Waals surface area contributed by atoms with Crippen LogP contribution >= 0.6 is 22.6 Å². The van der Waals surface area contributed by atoms with Gasteiger partial charge in [0.25, 0.3) is 0 Å². The van der Waals surface area contributed by atoms with E-state index in [-0.39, 0.29) is 5.75 Å². The minimum Gasteiger partial charge on any atom is -0.230 e. The summed E-state index contributed by atoms with van der Waals surface area (Å²) in [4.78, 5) is 8.13. The monoisotopic (exact) mass is 399 g/mol. The number of nitrogens with zero attached hydrogens (tertiary/aromatic N) is 3. The first kappa shape index (κ1) is 13.5. The quantitative estimate of drug-likeness (QED) is 0.501. The van der Waals surface area contributed by atoms with Gasteiger partial charge in [-0.25, -0.2) is 22.4 Å². The van der Waals surface area contributed by atoms with E-state index in [9.17, 15) is 8.42 Å². The van der Waals surface area contributed by atoms with Crippen LogP contribution in [0, 0.1) is 3.70 Å². The van der Waals surface area contributed by atoms with Gasteiger partial charge in [-0.15, -0.1) is 0 Å². The van der Waals surface area contributed by atoms with Crippen LogP contribution in [0.25, 0.3) is 11.0 Å². The summed E-state index contributed by atoms with van der Waals surface area (Å²) >= 11 is 2.06. The second-order valence-corrected chi connectivity index (χ2v) is 7.12. The molecule has 102 valence electrons. The van der Waals surface area contributed by atoms with E-state index < -0.39 is 10.0 Å². The number of fused-ring (bicyclic) bond motifs is 1. The predicted molar refractivity (Wildman–Crippen MR) is 84.7 cm³/mol. The van der Waals surface area contributed by atoms with Gasteiger partial charge in [0.15, 0.2) is 5.65 Å². The van der Waals surface area contributed by atoms with Gasteiger partial charge in [-0.1, -0.05) is 30.3 Å². The first-order chi connectivity index (χ1) is 9.58. The maximum atomic E-state index is 12.5. The van der Waals surface area contributed by atoms with E-state index in [1.165, 1.54) is 16.5 Å². The molecule has 5 nitrogen and oxygen atoms in total. The lowest BCUT2D eigenvalue weighted by Crippen LogP contribution is -2.14. The Kier molecular flexibility index (Phi) is 3.47. The molecule has 0 aliphatic heterocycles. The summed E-state index contributed by atoms with van der Waals surface area (Å²) in [6, 6.07) is 10.8. The van der Waals surface area contributed by atoms with Crippen molar-refractivity contribution in [1.29, 1.82) is 0 Å². The van der Waals surface area contributed by atoms with Gasteiger partial charge in [0.05, 0.1) is 11.1 Å². The van der Waals surface area contributed by atoms with Crippen LogP contribution in [0.3, 0.4) is 0 Å². The summed E-state index contributed by atoms with van der Waals surface area (Å²) < 4.78 is 26.9. The van der Waals surface area contributed by atoms with Gasteiger partial charge in [0.1, 0.15) is 10.0 Å². The number of benzene rings is 1. The van der Waals surface area contributed by atoms with E-state index in [4.69, 9.17) is 0 Å². The zero-order valence-electron chi connectivity index (χ0n) is 10.3. The van der Waals surface area contributed by atoms with Gasteiger partial charge >= 0.3 is 0 Å². The van der Waals surface area contributed by atoms with Crippen LogP contribution in [0.4, 0.5) is 0 Å². The molecule has 0 spiro atoms. The Labute approximate surface area is 129 Å². The van der Waals surface area contributed by atoms with E-state index in [1.54, 1.807) is 18.2 Å². The van der Waals surface area contributed by atoms with Crippen LogP contribution in [-0.2, 0) is 15.8 Å². The molecule has 0 N–H and O–H groups in total. The fourth-order valence-electron chi connectivity index (χ4n) is 1.98. The maximum absolute atomic E-state index is 12.5. The molecule has 2 heterocycles. The predicted octanol–water partition coefficient (Wildman–Crippen LogP) is 2.41. The molecule has 20 heavy (non-hydrogen) atoms. The zero-order valence-corrected chi connectivity index (χ0v) is 13.2. The topological polar surface area (TPSA) is 64.8 Å². The third-order valence-corrected chi connectivity index (χ3v) is 5.34. The van der Waals surface area contributed by atoms with Crippen LogP contribution < -0.4 is 0 Å². The smallest absolute Gasteiger partial charge is 0.230 e. The Bertz CT molecular complexity index is 860. The SMILES string of the molecule is O=S(=O)(Cc1ccccc1)n1ccc2c(I)ncnc21. The van der Waals surface area contributed by atoms with E-state index in [0.717, 1.165) is 14.7 Å². The van der Waals surface area contributed by atoms with Crippen molar-refractivity contribution < 1.29 is 8.42 Å². The van der Waals surface area contributed by atoms with E-state index >= 15 is 0 Å². The third-order valence-electron chi connectivity index (χ3n) is 2.89. The number of hydrogen-bond donors (Lipinski definition) is 0. The molecule has 0 aliphatic carbocycles. The molecule has 3 rings (SSSR count). The van der Waals surface area contributed by atoms with Crippen molar-refractivity contribution in [2.75, 3.05) is 0 Å². The van der Waals surface area contributed by atoms with Gasteiger partial charge in [0.2, 0.25) is 10.0 Å². The van der Waals surface area contributed by atoms with Gasteiger partial charge in [0, 0.05) is 6.20 Å². The van der Waals surface area contributed by atoms with Crippen LogP contribution in [-0.4, -0.2) is 22.4 Å². The van der Waals surface area contributed by atoms with Crippen molar-refractivity contribution in [2.45, 2.75) is 5.75 Å². The lowest BCUT2D eigenvalue weighted by atomic mass is 10.2.